The summed E-state index contributed by atoms with van der Waals surface area (Å²) in [6.45, 7) is 2.16. The molecule has 0 saturated carbocycles. The molecule has 0 fully saturated rings. The minimum absolute atomic E-state index is 0.0493. The zero-order chi connectivity index (χ0) is 18.9. The number of anilines is 1. The van der Waals surface area contributed by atoms with Crippen molar-refractivity contribution in [2.45, 2.75) is 6.92 Å². The van der Waals surface area contributed by atoms with Gasteiger partial charge in [0, 0.05) is 0 Å². The third-order valence-electron chi connectivity index (χ3n) is 3.31. The summed E-state index contributed by atoms with van der Waals surface area (Å²) in [6, 6.07) is 10.5. The second-order valence-corrected chi connectivity index (χ2v) is 5.93. The number of ether oxygens (including phenoxy) is 3. The fraction of sp³-hybridized carbons (Fsp3) is 0.211. The van der Waals surface area contributed by atoms with Gasteiger partial charge >= 0.3 is 6.09 Å². The number of carbonyl (C=O) groups is 1. The second kappa shape index (κ2) is 9.94. The van der Waals surface area contributed by atoms with Crippen molar-refractivity contribution in [1.82, 2.24) is 0 Å². The van der Waals surface area contributed by atoms with E-state index in [0.29, 0.717) is 27.2 Å². The van der Waals surface area contributed by atoms with Crippen molar-refractivity contribution in [3.63, 3.8) is 0 Å². The number of hydrogen-bond acceptors (Lipinski definition) is 4. The first-order valence-corrected chi connectivity index (χ1v) is 8.62. The van der Waals surface area contributed by atoms with Gasteiger partial charge in [0.25, 0.3) is 0 Å². The molecule has 0 radical (unpaired) electrons. The zero-order valence-corrected chi connectivity index (χ0v) is 15.9. The van der Waals surface area contributed by atoms with Crippen molar-refractivity contribution in [3.8, 4) is 11.5 Å². The lowest BCUT2D eigenvalue weighted by Crippen LogP contribution is -2.18. The summed E-state index contributed by atoms with van der Waals surface area (Å²) in [5.41, 5.74) is 1.31. The maximum Gasteiger partial charge on any atom is 0.411 e. The SMILES string of the molecule is CC=Cc1ccc(OCCOC(=O)Nc2c(Cl)cccc2Cl)c(OC)c1. The molecule has 0 aromatic heterocycles. The molecule has 5 nitrogen and oxygen atoms in total. The Morgan fingerprint density at radius 2 is 1.85 bits per heavy atom. The largest absolute Gasteiger partial charge is 0.493 e. The van der Waals surface area contributed by atoms with E-state index in [0.717, 1.165) is 5.56 Å². The van der Waals surface area contributed by atoms with E-state index in [1.807, 2.05) is 31.2 Å². The van der Waals surface area contributed by atoms with Gasteiger partial charge in [0.05, 0.1) is 22.8 Å². The first kappa shape index (κ1) is 19.9. The summed E-state index contributed by atoms with van der Waals surface area (Å²) < 4.78 is 16.0. The highest BCUT2D eigenvalue weighted by molar-refractivity contribution is 6.39. The van der Waals surface area contributed by atoms with Crippen LogP contribution in [0.5, 0.6) is 11.5 Å². The molecule has 7 heteroatoms. The topological polar surface area (TPSA) is 56.8 Å². The van der Waals surface area contributed by atoms with E-state index < -0.39 is 6.09 Å². The summed E-state index contributed by atoms with van der Waals surface area (Å²) in [5.74, 6) is 1.17. The molecule has 1 N–H and O–H groups in total. The maximum absolute atomic E-state index is 11.8. The van der Waals surface area contributed by atoms with Crippen LogP contribution in [0.25, 0.3) is 6.08 Å². The summed E-state index contributed by atoms with van der Waals surface area (Å²) in [7, 11) is 1.57. The van der Waals surface area contributed by atoms with E-state index in [1.54, 1.807) is 31.4 Å². The molecule has 0 aliphatic heterocycles. The van der Waals surface area contributed by atoms with Gasteiger partial charge in [-0.15, -0.1) is 0 Å². The summed E-state index contributed by atoms with van der Waals surface area (Å²) in [4.78, 5) is 11.8. The van der Waals surface area contributed by atoms with Gasteiger partial charge < -0.3 is 14.2 Å². The number of amides is 1. The number of para-hydroxylation sites is 1. The van der Waals surface area contributed by atoms with Crippen molar-refractivity contribution in [3.05, 3.63) is 58.1 Å². The third kappa shape index (κ3) is 5.58. The number of rotatable bonds is 7. The first-order chi connectivity index (χ1) is 12.5. The predicted molar refractivity (Wildman–Crippen MR) is 105 cm³/mol. The molecule has 0 aliphatic rings. The molecular weight excluding hydrogens is 377 g/mol. The van der Waals surface area contributed by atoms with Crippen LogP contribution in [0.15, 0.2) is 42.5 Å². The Kier molecular flexibility index (Phi) is 7.63. The lowest BCUT2D eigenvalue weighted by Gasteiger charge is -2.12. The molecule has 0 bridgehead atoms. The minimum Gasteiger partial charge on any atom is -0.493 e. The van der Waals surface area contributed by atoms with Crippen LogP contribution in [0.1, 0.15) is 12.5 Å². The van der Waals surface area contributed by atoms with Crippen LogP contribution in [-0.4, -0.2) is 26.4 Å². The van der Waals surface area contributed by atoms with E-state index >= 15 is 0 Å². The molecule has 0 unspecified atom stereocenters. The Labute approximate surface area is 162 Å². The number of carbonyl (C=O) groups excluding carboxylic acids is 1. The molecule has 0 spiro atoms. The Hall–Kier alpha value is -2.37. The van der Waals surface area contributed by atoms with Gasteiger partial charge in [0.2, 0.25) is 0 Å². The normalized spacial score (nSPS) is 10.6. The maximum atomic E-state index is 11.8. The quantitative estimate of drug-likeness (QED) is 0.614. The summed E-state index contributed by atoms with van der Waals surface area (Å²) in [6.07, 6.45) is 3.23. The van der Waals surface area contributed by atoms with E-state index in [4.69, 9.17) is 37.4 Å². The first-order valence-electron chi connectivity index (χ1n) is 7.86. The van der Waals surface area contributed by atoms with Crippen LogP contribution in [0.2, 0.25) is 10.0 Å². The number of nitrogens with one attached hydrogen (secondary N) is 1. The van der Waals surface area contributed by atoms with E-state index in [-0.39, 0.29) is 13.2 Å². The molecule has 0 heterocycles. The number of benzene rings is 2. The Morgan fingerprint density at radius 1 is 1.12 bits per heavy atom. The fourth-order valence-corrected chi connectivity index (χ4v) is 2.63. The standard InChI is InChI=1S/C19H19Cl2NO4/c1-3-5-13-8-9-16(17(12-13)24-2)25-10-11-26-19(23)22-18-14(20)6-4-7-15(18)21/h3-9,12H,10-11H2,1-2H3,(H,22,23). The van der Waals surface area contributed by atoms with Gasteiger partial charge in [-0.05, 0) is 36.8 Å². The monoisotopic (exact) mass is 395 g/mol. The number of hydrogen-bond donors (Lipinski definition) is 1. The van der Waals surface area contributed by atoms with Crippen molar-refractivity contribution < 1.29 is 19.0 Å². The second-order valence-electron chi connectivity index (χ2n) is 5.12. The molecule has 0 aliphatic carbocycles. The highest BCUT2D eigenvalue weighted by Gasteiger charge is 2.11. The van der Waals surface area contributed by atoms with Gasteiger partial charge in [-0.3, -0.25) is 5.32 Å². The van der Waals surface area contributed by atoms with E-state index in [1.165, 1.54) is 0 Å². The van der Waals surface area contributed by atoms with Crippen molar-refractivity contribution in [2.24, 2.45) is 0 Å². The van der Waals surface area contributed by atoms with E-state index in [9.17, 15) is 4.79 Å². The molecule has 0 saturated heterocycles. The Bertz CT molecular complexity index is 773. The molecule has 2 rings (SSSR count). The molecule has 138 valence electrons. The molecule has 0 atom stereocenters. The zero-order valence-electron chi connectivity index (χ0n) is 14.4. The van der Waals surface area contributed by atoms with Crippen LogP contribution in [0.4, 0.5) is 10.5 Å². The average molecular weight is 396 g/mol. The number of allylic oxidation sites excluding steroid dienone is 1. The number of halogens is 2. The van der Waals surface area contributed by atoms with Crippen LogP contribution in [0.3, 0.4) is 0 Å². The van der Waals surface area contributed by atoms with Crippen molar-refractivity contribution in [1.29, 1.82) is 0 Å². The van der Waals surface area contributed by atoms with Crippen LogP contribution < -0.4 is 14.8 Å². The smallest absolute Gasteiger partial charge is 0.411 e. The Morgan fingerprint density at radius 3 is 2.50 bits per heavy atom. The highest BCUT2D eigenvalue weighted by atomic mass is 35.5. The highest BCUT2D eigenvalue weighted by Crippen LogP contribution is 2.30. The fourth-order valence-electron chi connectivity index (χ4n) is 2.14. The van der Waals surface area contributed by atoms with Crippen LogP contribution in [0, 0.1) is 0 Å². The van der Waals surface area contributed by atoms with Gasteiger partial charge in [0.15, 0.2) is 11.5 Å². The number of methoxy groups -OCH3 is 1. The van der Waals surface area contributed by atoms with Crippen molar-refractivity contribution >= 4 is 41.1 Å². The molecular formula is C19H19Cl2NO4. The summed E-state index contributed by atoms with van der Waals surface area (Å²) in [5, 5.41) is 3.17. The minimum atomic E-state index is -0.668. The molecule has 2 aromatic rings. The van der Waals surface area contributed by atoms with Gasteiger partial charge in [-0.2, -0.15) is 0 Å². The predicted octanol–water partition coefficient (Wildman–Crippen LogP) is 5.66. The third-order valence-corrected chi connectivity index (χ3v) is 3.94. The molecule has 26 heavy (non-hydrogen) atoms. The average Bonchev–Trinajstić information content (AvgIpc) is 2.63. The van der Waals surface area contributed by atoms with Gasteiger partial charge in [-0.1, -0.05) is 47.5 Å². The van der Waals surface area contributed by atoms with Crippen LogP contribution >= 0.6 is 23.2 Å². The lowest BCUT2D eigenvalue weighted by molar-refractivity contribution is 0.136. The van der Waals surface area contributed by atoms with E-state index in [2.05, 4.69) is 5.32 Å². The lowest BCUT2D eigenvalue weighted by atomic mass is 10.2. The van der Waals surface area contributed by atoms with Gasteiger partial charge in [-0.25, -0.2) is 4.79 Å². The van der Waals surface area contributed by atoms with Gasteiger partial charge in [0.1, 0.15) is 13.2 Å². The van der Waals surface area contributed by atoms with Crippen molar-refractivity contribution in [2.75, 3.05) is 25.6 Å². The summed E-state index contributed by atoms with van der Waals surface area (Å²) >= 11 is 12.0. The molecule has 1 amide bonds. The molecule has 2 aromatic carbocycles. The Balaban J connectivity index is 1.84. The van der Waals surface area contributed by atoms with Crippen LogP contribution in [-0.2, 0) is 4.74 Å².